The standard InChI is InChI=1S/C33H46O5/c1-10-19-25(35)26(36)29(4,5)22-11-12-30(6)23(32(19,22)8)17-21(34)24-20-18-28(2,3)13-15-33(20,27(37)38-9)16-14-31(24,30)7/h10,17,20,22,24H,11-16,18H2,1-9H3/b19-10+/t20-,22-,24-,30+,31+,32-,33-/m0/s1. The van der Waals surface area contributed by atoms with Crippen LogP contribution in [0.1, 0.15) is 100 Å². The molecule has 0 aromatic carbocycles. The number of hydrogen-bond donors (Lipinski definition) is 0. The molecule has 5 aliphatic rings. The summed E-state index contributed by atoms with van der Waals surface area (Å²) in [4.78, 5) is 54.6. The molecule has 0 aromatic heterocycles. The molecule has 0 unspecified atom stereocenters. The first-order chi connectivity index (χ1) is 17.5. The van der Waals surface area contributed by atoms with Crippen molar-refractivity contribution in [3.05, 3.63) is 23.3 Å². The zero-order chi connectivity index (χ0) is 28.3. The SMILES string of the molecule is C/C=C1\C(=O)C(=O)C(C)(C)[C@@H]2CC[C@]3(C)C(=CC(=O)[C@@H]4[C@@H]5CC(C)(C)CC[C@]5(C(=O)OC)CC[C@]43C)[C@@]12C. The number of esters is 1. The van der Waals surface area contributed by atoms with E-state index in [-0.39, 0.29) is 51.5 Å². The van der Waals surface area contributed by atoms with Crippen molar-refractivity contribution in [1.82, 2.24) is 0 Å². The summed E-state index contributed by atoms with van der Waals surface area (Å²) in [5.41, 5.74) is -1.13. The molecule has 5 heteroatoms. The Morgan fingerprint density at radius 1 is 0.947 bits per heavy atom. The van der Waals surface area contributed by atoms with Crippen molar-refractivity contribution in [1.29, 1.82) is 0 Å². The monoisotopic (exact) mass is 522 g/mol. The van der Waals surface area contributed by atoms with Gasteiger partial charge in [0.2, 0.25) is 11.6 Å². The van der Waals surface area contributed by atoms with Crippen LogP contribution in [-0.2, 0) is 23.9 Å². The summed E-state index contributed by atoms with van der Waals surface area (Å²) in [5, 5.41) is 0. The fraction of sp³-hybridized carbons (Fsp3) is 0.758. The Morgan fingerprint density at radius 2 is 1.58 bits per heavy atom. The van der Waals surface area contributed by atoms with E-state index in [4.69, 9.17) is 4.74 Å². The van der Waals surface area contributed by atoms with Crippen LogP contribution in [0.4, 0.5) is 0 Å². The van der Waals surface area contributed by atoms with Crippen LogP contribution in [0.2, 0.25) is 0 Å². The first-order valence-corrected chi connectivity index (χ1v) is 14.6. The van der Waals surface area contributed by atoms with E-state index in [1.54, 1.807) is 0 Å². The molecule has 38 heavy (non-hydrogen) atoms. The predicted octanol–water partition coefficient (Wildman–Crippen LogP) is 6.44. The maximum absolute atomic E-state index is 14.5. The molecule has 5 nitrogen and oxygen atoms in total. The lowest BCUT2D eigenvalue weighted by atomic mass is 9.33. The van der Waals surface area contributed by atoms with Gasteiger partial charge < -0.3 is 4.74 Å². The number of methoxy groups -OCH3 is 1. The van der Waals surface area contributed by atoms with Gasteiger partial charge in [-0.2, -0.15) is 0 Å². The lowest BCUT2D eigenvalue weighted by molar-refractivity contribution is -0.191. The Balaban J connectivity index is 1.72. The zero-order valence-electron chi connectivity index (χ0n) is 24.9. The number of carbonyl (C=O) groups is 4. The Bertz CT molecular complexity index is 1200. The van der Waals surface area contributed by atoms with Gasteiger partial charge in [0, 0.05) is 22.3 Å². The summed E-state index contributed by atoms with van der Waals surface area (Å²) < 4.78 is 5.42. The normalized spacial score (nSPS) is 46.3. The first-order valence-electron chi connectivity index (χ1n) is 14.6. The molecule has 208 valence electrons. The third-order valence-electron chi connectivity index (χ3n) is 12.9. The van der Waals surface area contributed by atoms with Gasteiger partial charge in [0.15, 0.2) is 5.78 Å². The fourth-order valence-corrected chi connectivity index (χ4v) is 10.6. The first kappa shape index (κ1) is 27.5. The predicted molar refractivity (Wildman–Crippen MR) is 146 cm³/mol. The lowest BCUT2D eigenvalue weighted by Crippen LogP contribution is -2.67. The molecule has 7 atom stereocenters. The third kappa shape index (κ3) is 3.05. The Morgan fingerprint density at radius 3 is 2.18 bits per heavy atom. The number of allylic oxidation sites excluding steroid dienone is 4. The maximum Gasteiger partial charge on any atom is 0.312 e. The Labute approximate surface area is 228 Å². The molecule has 0 N–H and O–H groups in total. The van der Waals surface area contributed by atoms with Crippen molar-refractivity contribution in [2.45, 2.75) is 100 Å². The summed E-state index contributed by atoms with van der Waals surface area (Å²) in [6.45, 7) is 16.9. The summed E-state index contributed by atoms with van der Waals surface area (Å²) in [6.07, 6.45) is 9.41. The fourth-order valence-electron chi connectivity index (χ4n) is 10.6. The van der Waals surface area contributed by atoms with Crippen molar-refractivity contribution in [2.24, 2.45) is 50.2 Å². The second kappa shape index (κ2) is 8.01. The molecule has 0 bridgehead atoms. The van der Waals surface area contributed by atoms with Gasteiger partial charge in [-0.1, -0.05) is 54.5 Å². The van der Waals surface area contributed by atoms with Crippen molar-refractivity contribution in [3.63, 3.8) is 0 Å². The van der Waals surface area contributed by atoms with E-state index >= 15 is 0 Å². The molecular weight excluding hydrogens is 476 g/mol. The third-order valence-corrected chi connectivity index (χ3v) is 12.9. The van der Waals surface area contributed by atoms with Gasteiger partial charge in [0.25, 0.3) is 0 Å². The van der Waals surface area contributed by atoms with E-state index in [2.05, 4.69) is 34.6 Å². The van der Waals surface area contributed by atoms with Crippen LogP contribution >= 0.6 is 0 Å². The minimum Gasteiger partial charge on any atom is -0.469 e. The molecule has 0 aliphatic heterocycles. The average molecular weight is 523 g/mol. The molecular formula is C33H46O5. The van der Waals surface area contributed by atoms with Crippen molar-refractivity contribution in [2.75, 3.05) is 7.11 Å². The topological polar surface area (TPSA) is 77.5 Å². The molecule has 5 aliphatic carbocycles. The highest BCUT2D eigenvalue weighted by atomic mass is 16.5. The number of fused-ring (bicyclic) bond motifs is 7. The van der Waals surface area contributed by atoms with Gasteiger partial charge >= 0.3 is 5.97 Å². The molecule has 0 saturated heterocycles. The van der Waals surface area contributed by atoms with E-state index < -0.39 is 22.0 Å². The van der Waals surface area contributed by atoms with Crippen LogP contribution in [0.15, 0.2) is 23.3 Å². The lowest BCUT2D eigenvalue weighted by Gasteiger charge is -2.69. The number of Topliss-reactive ketones (excluding diaryl/α,β-unsaturated/α-hetero) is 2. The highest BCUT2D eigenvalue weighted by molar-refractivity contribution is 6.46. The Kier molecular flexibility index (Phi) is 5.80. The zero-order valence-corrected chi connectivity index (χ0v) is 24.9. The van der Waals surface area contributed by atoms with E-state index in [9.17, 15) is 19.2 Å². The highest BCUT2D eigenvalue weighted by Gasteiger charge is 2.72. The second-order valence-electron chi connectivity index (χ2n) is 15.2. The number of ketones is 3. The van der Waals surface area contributed by atoms with Crippen molar-refractivity contribution >= 4 is 23.3 Å². The average Bonchev–Trinajstić information content (AvgIpc) is 2.83. The van der Waals surface area contributed by atoms with E-state index in [1.807, 2.05) is 32.9 Å². The summed E-state index contributed by atoms with van der Waals surface area (Å²) >= 11 is 0. The summed E-state index contributed by atoms with van der Waals surface area (Å²) in [5.74, 6) is -1.17. The van der Waals surface area contributed by atoms with Crippen LogP contribution in [0.5, 0.6) is 0 Å². The number of rotatable bonds is 1. The van der Waals surface area contributed by atoms with Gasteiger partial charge in [-0.15, -0.1) is 0 Å². The smallest absolute Gasteiger partial charge is 0.312 e. The number of hydrogen-bond acceptors (Lipinski definition) is 5. The van der Waals surface area contributed by atoms with Crippen LogP contribution in [0, 0.1) is 50.2 Å². The van der Waals surface area contributed by atoms with Gasteiger partial charge in [0.05, 0.1) is 12.5 Å². The quantitative estimate of drug-likeness (QED) is 0.225. The summed E-state index contributed by atoms with van der Waals surface area (Å²) in [7, 11) is 1.48. The Hall–Kier alpha value is -2.04. The van der Waals surface area contributed by atoms with Gasteiger partial charge in [-0.25, -0.2) is 0 Å². The van der Waals surface area contributed by atoms with Gasteiger partial charge in [-0.3, -0.25) is 19.2 Å². The van der Waals surface area contributed by atoms with Crippen LogP contribution in [-0.4, -0.2) is 30.4 Å². The summed E-state index contributed by atoms with van der Waals surface area (Å²) in [6, 6.07) is 0. The van der Waals surface area contributed by atoms with Crippen LogP contribution in [0.3, 0.4) is 0 Å². The molecule has 5 rings (SSSR count). The van der Waals surface area contributed by atoms with Crippen LogP contribution < -0.4 is 0 Å². The molecule has 0 radical (unpaired) electrons. The van der Waals surface area contributed by atoms with Crippen LogP contribution in [0.25, 0.3) is 0 Å². The van der Waals surface area contributed by atoms with Crippen molar-refractivity contribution < 1.29 is 23.9 Å². The second-order valence-corrected chi connectivity index (χ2v) is 15.2. The molecule has 0 amide bonds. The molecule has 4 saturated carbocycles. The number of ether oxygens (including phenoxy) is 1. The largest absolute Gasteiger partial charge is 0.469 e. The molecule has 0 spiro atoms. The van der Waals surface area contributed by atoms with Gasteiger partial charge in [0.1, 0.15) is 0 Å². The van der Waals surface area contributed by atoms with Gasteiger partial charge in [-0.05, 0) is 91.6 Å². The van der Waals surface area contributed by atoms with Crippen molar-refractivity contribution in [3.8, 4) is 0 Å². The van der Waals surface area contributed by atoms with E-state index in [0.29, 0.717) is 5.57 Å². The van der Waals surface area contributed by atoms with E-state index in [1.165, 1.54) is 7.11 Å². The molecule has 0 aromatic rings. The molecule has 0 heterocycles. The van der Waals surface area contributed by atoms with E-state index in [0.717, 1.165) is 50.5 Å². The number of carbonyl (C=O) groups excluding carboxylic acids is 4. The maximum atomic E-state index is 14.5. The minimum absolute atomic E-state index is 0.0492. The highest BCUT2D eigenvalue weighted by Crippen LogP contribution is 2.75. The molecule has 4 fully saturated rings. The minimum atomic E-state index is -0.790.